The molecule has 286 valence electrons. The lowest BCUT2D eigenvalue weighted by Crippen LogP contribution is -2.33. The molecular weight excluding hydrogens is 629 g/mol. The van der Waals surface area contributed by atoms with Crippen LogP contribution in [-0.2, 0) is 22.4 Å². The van der Waals surface area contributed by atoms with Crippen molar-refractivity contribution in [2.75, 3.05) is 0 Å². The molecule has 1 atom stereocenters. The van der Waals surface area contributed by atoms with Crippen molar-refractivity contribution in [2.45, 2.75) is 173 Å². The first-order valence-corrected chi connectivity index (χ1v) is 20.2. The number of Topliss-reactive ketones (excluding diaryl/α,β-unsaturated/α-hetero) is 2. The van der Waals surface area contributed by atoms with Crippen LogP contribution in [0.15, 0.2) is 65.5 Å². The van der Waals surface area contributed by atoms with E-state index < -0.39 is 0 Å². The van der Waals surface area contributed by atoms with Crippen LogP contribution >= 0.6 is 0 Å². The first kappa shape index (κ1) is 47.7. The van der Waals surface area contributed by atoms with Crippen LogP contribution in [0, 0.1) is 18.3 Å². The summed E-state index contributed by atoms with van der Waals surface area (Å²) in [7, 11) is 0. The fourth-order valence-corrected chi connectivity index (χ4v) is 6.24. The summed E-state index contributed by atoms with van der Waals surface area (Å²) in [6, 6.07) is 20.0. The van der Waals surface area contributed by atoms with E-state index in [0.29, 0.717) is 56.1 Å². The maximum Gasteiger partial charge on any atom is 0.257 e. The van der Waals surface area contributed by atoms with Gasteiger partial charge >= 0.3 is 0 Å². The smallest absolute Gasteiger partial charge is 0.257 e. The molecule has 3 rings (SSSR count). The summed E-state index contributed by atoms with van der Waals surface area (Å²) >= 11 is 0. The summed E-state index contributed by atoms with van der Waals surface area (Å²) in [5.74, 6) is 1.77. The van der Waals surface area contributed by atoms with E-state index in [-0.39, 0.29) is 22.8 Å². The second-order valence-corrected chi connectivity index (χ2v) is 14.3. The standard InChI is InChI=1S/C39H54N2O3.C3H8.2C2H6/c1-7-17-35-36(27-26-33(42)25-24-30(8-2)18-15-16-23-34(43)28-39(4,5)6)40-29(3)41(38(35)44)37(31-19-11-9-12-20-31)32-21-13-10-14-22-32;1-3-2;2*1-2/h9-14,19-22,30,37H,7-8,15-18,23-28H2,1-6H3;3H2,1-2H3;2*1-2H3. The van der Waals surface area contributed by atoms with Crippen LogP contribution in [0.3, 0.4) is 0 Å². The number of ketones is 2. The predicted octanol–water partition coefficient (Wildman–Crippen LogP) is 12.5. The molecule has 0 saturated carbocycles. The minimum Gasteiger partial charge on any atom is -0.300 e. The minimum absolute atomic E-state index is 0.00784. The maximum atomic E-state index is 14.1. The van der Waals surface area contributed by atoms with Gasteiger partial charge in [0.1, 0.15) is 17.4 Å². The SMILES string of the molecule is CC.CC.CCC.CCCc1c(CCC(=O)CCC(CC)CCCCC(=O)CC(C)(C)C)nc(C)n(C(c2ccccc2)c2ccccc2)c1=O. The number of nitrogens with zero attached hydrogens (tertiary/aromatic N) is 2. The number of unbranched alkanes of at least 4 members (excludes halogenated alkanes) is 1. The molecule has 3 aromatic rings. The zero-order chi connectivity index (χ0) is 38.8. The van der Waals surface area contributed by atoms with Gasteiger partial charge in [0, 0.05) is 31.2 Å². The molecule has 0 bridgehead atoms. The van der Waals surface area contributed by atoms with Crippen molar-refractivity contribution in [1.29, 1.82) is 0 Å². The second kappa shape index (κ2) is 27.3. The van der Waals surface area contributed by atoms with Crippen LogP contribution in [0.2, 0.25) is 0 Å². The number of hydrogen-bond acceptors (Lipinski definition) is 4. The number of benzene rings is 2. The van der Waals surface area contributed by atoms with Gasteiger partial charge in [-0.3, -0.25) is 19.0 Å². The van der Waals surface area contributed by atoms with Crippen molar-refractivity contribution in [1.82, 2.24) is 9.55 Å². The highest BCUT2D eigenvalue weighted by Gasteiger charge is 2.24. The van der Waals surface area contributed by atoms with Crippen molar-refractivity contribution in [2.24, 2.45) is 11.3 Å². The summed E-state index contributed by atoms with van der Waals surface area (Å²) in [4.78, 5) is 44.3. The van der Waals surface area contributed by atoms with E-state index in [1.165, 1.54) is 6.42 Å². The summed E-state index contributed by atoms with van der Waals surface area (Å²) in [5, 5.41) is 0. The molecule has 0 fully saturated rings. The Kier molecular flexibility index (Phi) is 25.5. The summed E-state index contributed by atoms with van der Waals surface area (Å²) in [6.45, 7) is 24.8. The Hall–Kier alpha value is -3.34. The summed E-state index contributed by atoms with van der Waals surface area (Å²) in [6.07, 6.45) is 10.5. The van der Waals surface area contributed by atoms with Crippen molar-refractivity contribution < 1.29 is 9.59 Å². The molecule has 1 unspecified atom stereocenters. The van der Waals surface area contributed by atoms with Crippen molar-refractivity contribution >= 4 is 11.6 Å². The highest BCUT2D eigenvalue weighted by molar-refractivity contribution is 5.79. The van der Waals surface area contributed by atoms with Crippen LogP contribution in [0.4, 0.5) is 0 Å². The molecule has 0 saturated heterocycles. The van der Waals surface area contributed by atoms with Gasteiger partial charge in [-0.15, -0.1) is 0 Å². The monoisotopic (exact) mass is 703 g/mol. The molecule has 0 aliphatic rings. The quantitative estimate of drug-likeness (QED) is 0.124. The molecule has 5 heteroatoms. The highest BCUT2D eigenvalue weighted by atomic mass is 16.1. The van der Waals surface area contributed by atoms with Gasteiger partial charge in [-0.05, 0) is 55.1 Å². The lowest BCUT2D eigenvalue weighted by atomic mass is 9.87. The molecule has 0 aliphatic carbocycles. The van der Waals surface area contributed by atoms with E-state index in [4.69, 9.17) is 4.98 Å². The Bertz CT molecular complexity index is 1360. The first-order chi connectivity index (χ1) is 24.4. The normalized spacial score (nSPS) is 11.3. The van der Waals surface area contributed by atoms with E-state index in [1.807, 2.05) is 75.6 Å². The molecule has 0 aliphatic heterocycles. The van der Waals surface area contributed by atoms with Gasteiger partial charge in [0.2, 0.25) is 0 Å². The second-order valence-electron chi connectivity index (χ2n) is 14.3. The Morgan fingerprint density at radius 3 is 1.73 bits per heavy atom. The van der Waals surface area contributed by atoms with Crippen molar-refractivity contribution in [3.63, 3.8) is 0 Å². The zero-order valence-corrected chi connectivity index (χ0v) is 34.7. The van der Waals surface area contributed by atoms with Gasteiger partial charge in [0.05, 0.1) is 11.7 Å². The summed E-state index contributed by atoms with van der Waals surface area (Å²) in [5.41, 5.74) is 3.63. The van der Waals surface area contributed by atoms with E-state index in [9.17, 15) is 14.4 Å². The third-order valence-corrected chi connectivity index (χ3v) is 8.55. The number of carbonyl (C=O) groups excluding carboxylic acids is 2. The van der Waals surface area contributed by atoms with E-state index in [0.717, 1.165) is 60.9 Å². The highest BCUT2D eigenvalue weighted by Crippen LogP contribution is 2.27. The number of aromatic nitrogens is 2. The Labute approximate surface area is 313 Å². The Morgan fingerprint density at radius 2 is 1.25 bits per heavy atom. The molecule has 0 radical (unpaired) electrons. The van der Waals surface area contributed by atoms with Crippen LogP contribution in [0.5, 0.6) is 0 Å². The van der Waals surface area contributed by atoms with Gasteiger partial charge in [0.15, 0.2) is 0 Å². The molecule has 5 nitrogen and oxygen atoms in total. The molecule has 51 heavy (non-hydrogen) atoms. The topological polar surface area (TPSA) is 69.0 Å². The molecular formula is C46H74N2O3. The maximum absolute atomic E-state index is 14.1. The largest absolute Gasteiger partial charge is 0.300 e. The minimum atomic E-state index is -0.272. The van der Waals surface area contributed by atoms with E-state index in [1.54, 1.807) is 0 Å². The lowest BCUT2D eigenvalue weighted by molar-refractivity contribution is -0.121. The van der Waals surface area contributed by atoms with Gasteiger partial charge in [-0.25, -0.2) is 4.98 Å². The fourth-order valence-electron chi connectivity index (χ4n) is 6.24. The molecule has 1 heterocycles. The zero-order valence-electron chi connectivity index (χ0n) is 34.7. The molecule has 0 amide bonds. The van der Waals surface area contributed by atoms with Crippen LogP contribution in [-0.4, -0.2) is 21.1 Å². The third-order valence-electron chi connectivity index (χ3n) is 8.55. The molecule has 0 N–H and O–H groups in total. The van der Waals surface area contributed by atoms with Gasteiger partial charge in [-0.1, -0.05) is 169 Å². The molecule has 0 spiro atoms. The number of carbonyl (C=O) groups is 2. The van der Waals surface area contributed by atoms with Gasteiger partial charge in [-0.2, -0.15) is 0 Å². The van der Waals surface area contributed by atoms with Crippen molar-refractivity contribution in [3.8, 4) is 0 Å². The Morgan fingerprint density at radius 1 is 0.725 bits per heavy atom. The number of aryl methyl sites for hydroxylation is 2. The van der Waals surface area contributed by atoms with E-state index >= 15 is 0 Å². The third kappa shape index (κ3) is 18.1. The van der Waals surface area contributed by atoms with Gasteiger partial charge < -0.3 is 0 Å². The summed E-state index contributed by atoms with van der Waals surface area (Å²) < 4.78 is 1.84. The number of hydrogen-bond donors (Lipinski definition) is 0. The average Bonchev–Trinajstić information content (AvgIpc) is 3.12. The van der Waals surface area contributed by atoms with E-state index in [2.05, 4.69) is 72.7 Å². The predicted molar refractivity (Wildman–Crippen MR) is 220 cm³/mol. The fraction of sp³-hybridized carbons (Fsp3) is 0.609. The van der Waals surface area contributed by atoms with Crippen LogP contribution in [0.25, 0.3) is 0 Å². The Balaban J connectivity index is 0.00000333. The molecule has 2 aromatic carbocycles. The molecule has 1 aromatic heterocycles. The lowest BCUT2D eigenvalue weighted by Gasteiger charge is -2.24. The van der Waals surface area contributed by atoms with Gasteiger partial charge in [0.25, 0.3) is 5.56 Å². The van der Waals surface area contributed by atoms with Crippen LogP contribution < -0.4 is 5.56 Å². The average molecular weight is 703 g/mol. The first-order valence-electron chi connectivity index (χ1n) is 20.2. The van der Waals surface area contributed by atoms with Crippen molar-refractivity contribution in [3.05, 3.63) is 99.2 Å². The van der Waals surface area contributed by atoms with Crippen LogP contribution in [0.1, 0.15) is 181 Å². The number of rotatable bonds is 18.